The zero-order valence-corrected chi connectivity index (χ0v) is 16.0. The molecule has 7 heteroatoms. The smallest absolute Gasteiger partial charge is 0.414 e. The van der Waals surface area contributed by atoms with Crippen molar-refractivity contribution in [3.8, 4) is 11.5 Å². The highest BCUT2D eigenvalue weighted by molar-refractivity contribution is 5.71. The Morgan fingerprint density at radius 2 is 2.15 bits per heavy atom. The second-order valence-electron chi connectivity index (χ2n) is 6.69. The van der Waals surface area contributed by atoms with Crippen LogP contribution >= 0.6 is 0 Å². The highest BCUT2D eigenvalue weighted by atomic mass is 16.6. The maximum Gasteiger partial charge on any atom is 0.414 e. The third-order valence-corrected chi connectivity index (χ3v) is 4.56. The van der Waals surface area contributed by atoms with Crippen LogP contribution in [0.5, 0.6) is 11.5 Å². The van der Waals surface area contributed by atoms with Crippen molar-refractivity contribution in [3.63, 3.8) is 0 Å². The van der Waals surface area contributed by atoms with Crippen LogP contribution in [-0.4, -0.2) is 62.9 Å². The molecule has 0 aliphatic carbocycles. The number of carbonyl (C=O) groups is 1. The van der Waals surface area contributed by atoms with Gasteiger partial charge in [-0.15, -0.1) is 0 Å². The predicted molar refractivity (Wildman–Crippen MR) is 105 cm³/mol. The topological polar surface area (TPSA) is 66.9 Å². The third-order valence-electron chi connectivity index (χ3n) is 4.56. The first kappa shape index (κ1) is 19.0. The average molecular weight is 370 g/mol. The number of aromatic nitrogens is 1. The molecule has 1 aromatic carbocycles. The van der Waals surface area contributed by atoms with Crippen LogP contribution in [0.4, 0.5) is 10.6 Å². The van der Waals surface area contributed by atoms with Gasteiger partial charge in [-0.2, -0.15) is 0 Å². The van der Waals surface area contributed by atoms with Crippen LogP contribution in [-0.2, 0) is 6.42 Å². The lowest BCUT2D eigenvalue weighted by Crippen LogP contribution is -2.52. The van der Waals surface area contributed by atoms with Crippen molar-refractivity contribution >= 4 is 11.9 Å². The Balaban J connectivity index is 1.76. The van der Waals surface area contributed by atoms with E-state index >= 15 is 0 Å². The van der Waals surface area contributed by atoms with Crippen LogP contribution < -0.4 is 19.7 Å². The molecule has 27 heavy (non-hydrogen) atoms. The van der Waals surface area contributed by atoms with Crippen LogP contribution in [0.3, 0.4) is 0 Å². The first-order valence-electron chi connectivity index (χ1n) is 9.03. The standard InChI is InChI=1S/C20H26N4O3/c1-23(2)20(25)27-17-8-7-15(13-18(17)26-3)12-16-14-21-10-11-24(16)19-6-4-5-9-22-19/h4-9,13,16,21H,10-12,14H2,1-3H3. The van der Waals surface area contributed by atoms with Crippen molar-refractivity contribution < 1.29 is 14.3 Å². The molecular weight excluding hydrogens is 344 g/mol. The molecule has 1 aromatic heterocycles. The van der Waals surface area contributed by atoms with E-state index in [1.807, 2.05) is 36.5 Å². The monoisotopic (exact) mass is 370 g/mol. The number of nitrogens with zero attached hydrogens (tertiary/aromatic N) is 3. The number of ether oxygens (including phenoxy) is 2. The van der Waals surface area contributed by atoms with Crippen LogP contribution in [0.25, 0.3) is 0 Å². The Kier molecular flexibility index (Phi) is 6.13. The molecule has 2 aromatic rings. The summed E-state index contributed by atoms with van der Waals surface area (Å²) in [5.41, 5.74) is 1.12. The summed E-state index contributed by atoms with van der Waals surface area (Å²) in [4.78, 5) is 20.0. The lowest BCUT2D eigenvalue weighted by Gasteiger charge is -2.37. The van der Waals surface area contributed by atoms with Gasteiger partial charge in [0.15, 0.2) is 11.5 Å². The average Bonchev–Trinajstić information content (AvgIpc) is 2.70. The number of methoxy groups -OCH3 is 1. The summed E-state index contributed by atoms with van der Waals surface area (Å²) in [6.07, 6.45) is 2.23. The summed E-state index contributed by atoms with van der Waals surface area (Å²) >= 11 is 0. The fourth-order valence-corrected chi connectivity index (χ4v) is 3.15. The molecule has 1 amide bonds. The Labute approximate surface area is 159 Å². The molecule has 1 N–H and O–H groups in total. The number of anilines is 1. The molecule has 0 radical (unpaired) electrons. The summed E-state index contributed by atoms with van der Waals surface area (Å²) in [5.74, 6) is 1.96. The minimum atomic E-state index is -0.432. The Bertz CT molecular complexity index is 767. The van der Waals surface area contributed by atoms with E-state index in [1.165, 1.54) is 4.90 Å². The lowest BCUT2D eigenvalue weighted by molar-refractivity contribution is 0.170. The molecule has 2 heterocycles. The molecule has 144 valence electrons. The van der Waals surface area contributed by atoms with E-state index in [0.717, 1.165) is 37.4 Å². The van der Waals surface area contributed by atoms with Gasteiger partial charge in [0.25, 0.3) is 0 Å². The number of piperazine rings is 1. The number of hydrogen-bond acceptors (Lipinski definition) is 6. The van der Waals surface area contributed by atoms with Crippen molar-refractivity contribution in [2.45, 2.75) is 12.5 Å². The minimum Gasteiger partial charge on any atom is -0.493 e. The van der Waals surface area contributed by atoms with Gasteiger partial charge in [-0.3, -0.25) is 0 Å². The van der Waals surface area contributed by atoms with Gasteiger partial charge in [0, 0.05) is 46.0 Å². The quantitative estimate of drug-likeness (QED) is 0.870. The fraction of sp³-hybridized carbons (Fsp3) is 0.400. The van der Waals surface area contributed by atoms with Crippen molar-refractivity contribution in [3.05, 3.63) is 48.2 Å². The van der Waals surface area contributed by atoms with Crippen molar-refractivity contribution in [2.24, 2.45) is 0 Å². The van der Waals surface area contributed by atoms with E-state index in [1.54, 1.807) is 27.3 Å². The van der Waals surface area contributed by atoms with Gasteiger partial charge in [0.2, 0.25) is 0 Å². The molecule has 7 nitrogen and oxygen atoms in total. The van der Waals surface area contributed by atoms with E-state index in [9.17, 15) is 4.79 Å². The van der Waals surface area contributed by atoms with Gasteiger partial charge in [0.1, 0.15) is 5.82 Å². The summed E-state index contributed by atoms with van der Waals surface area (Å²) in [5, 5.41) is 3.46. The summed E-state index contributed by atoms with van der Waals surface area (Å²) in [7, 11) is 4.87. The zero-order chi connectivity index (χ0) is 19.2. The van der Waals surface area contributed by atoms with Crippen LogP contribution in [0.2, 0.25) is 0 Å². The molecule has 0 spiro atoms. The van der Waals surface area contributed by atoms with E-state index in [0.29, 0.717) is 11.5 Å². The maximum absolute atomic E-state index is 11.8. The number of hydrogen-bond donors (Lipinski definition) is 1. The minimum absolute atomic E-state index is 0.286. The van der Waals surface area contributed by atoms with Crippen molar-refractivity contribution in [2.75, 3.05) is 45.7 Å². The van der Waals surface area contributed by atoms with E-state index < -0.39 is 6.09 Å². The van der Waals surface area contributed by atoms with Gasteiger partial charge < -0.3 is 24.6 Å². The summed E-state index contributed by atoms with van der Waals surface area (Å²) < 4.78 is 10.8. The van der Waals surface area contributed by atoms with Gasteiger partial charge in [-0.1, -0.05) is 12.1 Å². The second kappa shape index (κ2) is 8.73. The van der Waals surface area contributed by atoms with Crippen LogP contribution in [0, 0.1) is 0 Å². The number of amides is 1. The highest BCUT2D eigenvalue weighted by Crippen LogP contribution is 2.30. The SMILES string of the molecule is COc1cc(CC2CNCCN2c2ccccn2)ccc1OC(=O)N(C)C. The Morgan fingerprint density at radius 1 is 1.30 bits per heavy atom. The lowest BCUT2D eigenvalue weighted by atomic mass is 10.0. The first-order valence-corrected chi connectivity index (χ1v) is 9.03. The van der Waals surface area contributed by atoms with Crippen LogP contribution in [0.15, 0.2) is 42.6 Å². The number of pyridine rings is 1. The van der Waals surface area contributed by atoms with Crippen molar-refractivity contribution in [1.82, 2.24) is 15.2 Å². The molecule has 1 fully saturated rings. The predicted octanol–water partition coefficient (Wildman–Crippen LogP) is 2.17. The molecule has 0 saturated carbocycles. The second-order valence-corrected chi connectivity index (χ2v) is 6.69. The largest absolute Gasteiger partial charge is 0.493 e. The van der Waals surface area contributed by atoms with E-state index in [2.05, 4.69) is 15.2 Å². The highest BCUT2D eigenvalue weighted by Gasteiger charge is 2.24. The van der Waals surface area contributed by atoms with Gasteiger partial charge >= 0.3 is 6.09 Å². The molecule has 1 saturated heterocycles. The Morgan fingerprint density at radius 3 is 2.85 bits per heavy atom. The van der Waals surface area contributed by atoms with E-state index in [-0.39, 0.29) is 6.04 Å². The molecule has 0 bridgehead atoms. The third kappa shape index (κ3) is 4.68. The summed E-state index contributed by atoms with van der Waals surface area (Å²) in [6.45, 7) is 2.74. The summed E-state index contributed by atoms with van der Waals surface area (Å²) in [6, 6.07) is 12.0. The van der Waals surface area contributed by atoms with Crippen molar-refractivity contribution in [1.29, 1.82) is 0 Å². The molecule has 1 unspecified atom stereocenters. The van der Waals surface area contributed by atoms with Gasteiger partial charge in [0.05, 0.1) is 7.11 Å². The maximum atomic E-state index is 11.8. The fourth-order valence-electron chi connectivity index (χ4n) is 3.15. The molecule has 1 aliphatic heterocycles. The zero-order valence-electron chi connectivity index (χ0n) is 16.0. The number of nitrogens with one attached hydrogen (secondary N) is 1. The molecular formula is C20H26N4O3. The van der Waals surface area contributed by atoms with Gasteiger partial charge in [-0.25, -0.2) is 9.78 Å². The Hall–Kier alpha value is -2.80. The van der Waals surface area contributed by atoms with Crippen LogP contribution in [0.1, 0.15) is 5.56 Å². The first-order chi connectivity index (χ1) is 13.1. The molecule has 1 atom stereocenters. The number of benzene rings is 1. The van der Waals surface area contributed by atoms with Gasteiger partial charge in [-0.05, 0) is 36.2 Å². The molecule has 3 rings (SSSR count). The normalized spacial score (nSPS) is 16.7. The number of carbonyl (C=O) groups excluding carboxylic acids is 1. The van der Waals surface area contributed by atoms with E-state index in [4.69, 9.17) is 9.47 Å². The number of rotatable bonds is 5. The molecule has 1 aliphatic rings.